The SMILES string of the molecule is CN1C(=O)c2cccc(-c3cc(Br)cc4c3[nH]c3ccccc34)c2C1=O. The molecule has 0 spiro atoms. The van der Waals surface area contributed by atoms with Crippen LogP contribution in [0.5, 0.6) is 0 Å². The Morgan fingerprint density at radius 2 is 1.62 bits per heavy atom. The van der Waals surface area contributed by atoms with Gasteiger partial charge in [-0.05, 0) is 29.8 Å². The number of aromatic amines is 1. The molecule has 3 aromatic carbocycles. The van der Waals surface area contributed by atoms with E-state index < -0.39 is 0 Å². The molecule has 1 N–H and O–H groups in total. The molecule has 126 valence electrons. The highest BCUT2D eigenvalue weighted by Gasteiger charge is 2.35. The van der Waals surface area contributed by atoms with Crippen molar-refractivity contribution >= 4 is 49.6 Å². The summed E-state index contributed by atoms with van der Waals surface area (Å²) < 4.78 is 0.924. The number of fused-ring (bicyclic) bond motifs is 4. The average Bonchev–Trinajstić information content (AvgIpc) is 3.13. The monoisotopic (exact) mass is 404 g/mol. The molecule has 1 aromatic heterocycles. The van der Waals surface area contributed by atoms with Crippen LogP contribution in [0.15, 0.2) is 59.1 Å². The van der Waals surface area contributed by atoms with Gasteiger partial charge in [-0.3, -0.25) is 14.5 Å². The molecule has 1 aliphatic rings. The minimum Gasteiger partial charge on any atom is -0.354 e. The Balaban J connectivity index is 1.90. The lowest BCUT2D eigenvalue weighted by atomic mass is 9.95. The Morgan fingerprint density at radius 3 is 2.46 bits per heavy atom. The zero-order valence-electron chi connectivity index (χ0n) is 13.8. The zero-order valence-corrected chi connectivity index (χ0v) is 15.4. The van der Waals surface area contributed by atoms with E-state index in [1.165, 1.54) is 11.9 Å². The third-order valence-corrected chi connectivity index (χ3v) is 5.45. The fourth-order valence-corrected chi connectivity index (χ4v) is 4.21. The number of rotatable bonds is 1. The molecule has 0 atom stereocenters. The van der Waals surface area contributed by atoms with E-state index in [1.54, 1.807) is 6.07 Å². The molecule has 4 aromatic rings. The topological polar surface area (TPSA) is 53.2 Å². The van der Waals surface area contributed by atoms with Gasteiger partial charge >= 0.3 is 0 Å². The predicted molar refractivity (Wildman–Crippen MR) is 105 cm³/mol. The van der Waals surface area contributed by atoms with Crippen molar-refractivity contribution in [1.29, 1.82) is 0 Å². The molecule has 26 heavy (non-hydrogen) atoms. The molecule has 0 bridgehead atoms. The molecular formula is C21H13BrN2O2. The van der Waals surface area contributed by atoms with E-state index in [0.717, 1.165) is 37.4 Å². The highest BCUT2D eigenvalue weighted by atomic mass is 79.9. The van der Waals surface area contributed by atoms with Crippen molar-refractivity contribution < 1.29 is 9.59 Å². The van der Waals surface area contributed by atoms with Crippen LogP contribution in [0.2, 0.25) is 0 Å². The second-order valence-electron chi connectivity index (χ2n) is 6.44. The van der Waals surface area contributed by atoms with Gasteiger partial charge in [0.25, 0.3) is 11.8 Å². The van der Waals surface area contributed by atoms with E-state index in [-0.39, 0.29) is 11.8 Å². The quantitative estimate of drug-likeness (QED) is 0.455. The average molecular weight is 405 g/mol. The largest absolute Gasteiger partial charge is 0.354 e. The van der Waals surface area contributed by atoms with Gasteiger partial charge in [-0.15, -0.1) is 0 Å². The van der Waals surface area contributed by atoms with Crippen LogP contribution in [-0.2, 0) is 0 Å². The van der Waals surface area contributed by atoms with Crippen LogP contribution in [-0.4, -0.2) is 28.7 Å². The lowest BCUT2D eigenvalue weighted by molar-refractivity contribution is 0.0693. The molecule has 0 saturated heterocycles. The smallest absolute Gasteiger partial charge is 0.261 e. The van der Waals surface area contributed by atoms with Crippen molar-refractivity contribution in [3.8, 4) is 11.1 Å². The number of benzene rings is 3. The number of carbonyl (C=O) groups excluding carboxylic acids is 2. The number of carbonyl (C=O) groups is 2. The number of nitrogens with one attached hydrogen (secondary N) is 1. The number of imide groups is 1. The number of aromatic nitrogens is 1. The Kier molecular flexibility index (Phi) is 3.12. The van der Waals surface area contributed by atoms with E-state index in [0.29, 0.717) is 11.1 Å². The summed E-state index contributed by atoms with van der Waals surface area (Å²) in [6, 6.07) is 17.6. The minimum absolute atomic E-state index is 0.255. The fraction of sp³-hybridized carbons (Fsp3) is 0.0476. The van der Waals surface area contributed by atoms with E-state index in [2.05, 4.69) is 33.0 Å². The van der Waals surface area contributed by atoms with Gasteiger partial charge < -0.3 is 4.98 Å². The normalized spacial score (nSPS) is 13.8. The van der Waals surface area contributed by atoms with Crippen LogP contribution >= 0.6 is 15.9 Å². The maximum Gasteiger partial charge on any atom is 0.261 e. The van der Waals surface area contributed by atoms with Crippen LogP contribution in [0.25, 0.3) is 32.9 Å². The Labute approximate surface area is 157 Å². The minimum atomic E-state index is -0.259. The molecule has 5 heteroatoms. The molecule has 5 rings (SSSR count). The maximum atomic E-state index is 12.7. The lowest BCUT2D eigenvalue weighted by Gasteiger charge is -2.09. The van der Waals surface area contributed by atoms with E-state index >= 15 is 0 Å². The van der Waals surface area contributed by atoms with Crippen molar-refractivity contribution in [2.24, 2.45) is 0 Å². The molecule has 1 aliphatic heterocycles. The third-order valence-electron chi connectivity index (χ3n) is 4.99. The maximum absolute atomic E-state index is 12.7. The first-order valence-electron chi connectivity index (χ1n) is 8.22. The Hall–Kier alpha value is -2.92. The fourth-order valence-electron chi connectivity index (χ4n) is 3.75. The van der Waals surface area contributed by atoms with Crippen LogP contribution in [0.1, 0.15) is 20.7 Å². The number of nitrogens with zero attached hydrogens (tertiary/aromatic N) is 1. The van der Waals surface area contributed by atoms with Gasteiger partial charge in [0.2, 0.25) is 0 Å². The molecule has 2 amide bonds. The van der Waals surface area contributed by atoms with Gasteiger partial charge in [-0.1, -0.05) is 46.3 Å². The van der Waals surface area contributed by atoms with Crippen LogP contribution in [0, 0.1) is 0 Å². The van der Waals surface area contributed by atoms with Gasteiger partial charge in [-0.2, -0.15) is 0 Å². The van der Waals surface area contributed by atoms with Gasteiger partial charge in [0.05, 0.1) is 16.6 Å². The summed E-state index contributed by atoms with van der Waals surface area (Å²) in [6.45, 7) is 0. The van der Waals surface area contributed by atoms with Crippen molar-refractivity contribution in [3.05, 3.63) is 70.2 Å². The summed E-state index contributed by atoms with van der Waals surface area (Å²) in [7, 11) is 1.52. The molecule has 2 heterocycles. The van der Waals surface area contributed by atoms with Crippen molar-refractivity contribution in [1.82, 2.24) is 9.88 Å². The number of amides is 2. The lowest BCUT2D eigenvalue weighted by Crippen LogP contribution is -2.24. The van der Waals surface area contributed by atoms with E-state index in [9.17, 15) is 9.59 Å². The van der Waals surface area contributed by atoms with Gasteiger partial charge in [0.15, 0.2) is 0 Å². The number of hydrogen-bond acceptors (Lipinski definition) is 2. The van der Waals surface area contributed by atoms with Gasteiger partial charge in [0, 0.05) is 33.4 Å². The van der Waals surface area contributed by atoms with Crippen molar-refractivity contribution in [2.75, 3.05) is 7.05 Å². The molecule has 0 fully saturated rings. The van der Waals surface area contributed by atoms with Crippen molar-refractivity contribution in [3.63, 3.8) is 0 Å². The van der Waals surface area contributed by atoms with Crippen LogP contribution in [0.3, 0.4) is 0 Å². The standard InChI is InChI=1S/C21H13BrN2O2/c1-24-20(25)14-7-4-6-13(18(14)21(24)26)16-10-11(22)9-15-12-5-2-3-8-17(12)23-19(15)16/h2-10,23H,1H3. The summed E-state index contributed by atoms with van der Waals surface area (Å²) in [5.41, 5.74) is 4.59. The number of H-pyrrole nitrogens is 1. The summed E-state index contributed by atoms with van der Waals surface area (Å²) in [5, 5.41) is 2.20. The Bertz CT molecular complexity index is 1260. The zero-order chi connectivity index (χ0) is 18.0. The molecular weight excluding hydrogens is 392 g/mol. The molecule has 0 saturated carbocycles. The molecule has 0 radical (unpaired) electrons. The van der Waals surface area contributed by atoms with Gasteiger partial charge in [0.1, 0.15) is 0 Å². The predicted octanol–water partition coefficient (Wildman–Crippen LogP) is 4.98. The second-order valence-corrected chi connectivity index (χ2v) is 7.36. The van der Waals surface area contributed by atoms with Crippen LogP contribution < -0.4 is 0 Å². The molecule has 4 nitrogen and oxygen atoms in total. The van der Waals surface area contributed by atoms with Crippen molar-refractivity contribution in [2.45, 2.75) is 0 Å². The summed E-state index contributed by atoms with van der Waals surface area (Å²) in [5.74, 6) is -0.514. The second kappa shape index (κ2) is 5.29. The summed E-state index contributed by atoms with van der Waals surface area (Å²) in [4.78, 5) is 29.7. The van der Waals surface area contributed by atoms with E-state index in [1.807, 2.05) is 36.4 Å². The number of para-hydroxylation sites is 1. The molecule has 0 unspecified atom stereocenters. The van der Waals surface area contributed by atoms with Gasteiger partial charge in [-0.25, -0.2) is 0 Å². The summed E-state index contributed by atoms with van der Waals surface area (Å²) >= 11 is 3.59. The first-order chi connectivity index (χ1) is 12.6. The highest BCUT2D eigenvalue weighted by molar-refractivity contribution is 9.10. The number of halogens is 1. The van der Waals surface area contributed by atoms with E-state index in [4.69, 9.17) is 0 Å². The highest BCUT2D eigenvalue weighted by Crippen LogP contribution is 2.39. The first-order valence-corrected chi connectivity index (χ1v) is 9.01. The number of hydrogen-bond donors (Lipinski definition) is 1. The van der Waals surface area contributed by atoms with Crippen LogP contribution in [0.4, 0.5) is 0 Å². The molecule has 0 aliphatic carbocycles. The summed E-state index contributed by atoms with van der Waals surface area (Å²) in [6.07, 6.45) is 0. The first kappa shape index (κ1) is 15.3. The Morgan fingerprint density at radius 1 is 0.846 bits per heavy atom. The third kappa shape index (κ3) is 1.95.